The lowest BCUT2D eigenvalue weighted by atomic mass is 9.78. The number of hydrogen-bond donors (Lipinski definition) is 0. The van der Waals surface area contributed by atoms with E-state index in [0.29, 0.717) is 5.82 Å². The van der Waals surface area contributed by atoms with Crippen LogP contribution in [0.4, 0.5) is 0 Å². The van der Waals surface area contributed by atoms with Gasteiger partial charge in [-0.3, -0.25) is 0 Å². The van der Waals surface area contributed by atoms with Crippen molar-refractivity contribution < 1.29 is 9.31 Å². The average molecular weight is 458 g/mol. The van der Waals surface area contributed by atoms with Crippen LogP contribution in [0.2, 0.25) is 0 Å². The van der Waals surface area contributed by atoms with E-state index < -0.39 is 18.3 Å². The van der Waals surface area contributed by atoms with Gasteiger partial charge in [-0.2, -0.15) is 0 Å². The molecule has 0 N–H and O–H groups in total. The molecule has 1 saturated heterocycles. The molecular formula is C30H27BN2O2. The molecule has 0 saturated carbocycles. The van der Waals surface area contributed by atoms with E-state index in [4.69, 9.17) is 19.3 Å². The zero-order valence-electron chi connectivity index (χ0n) is 20.4. The fourth-order valence-corrected chi connectivity index (χ4v) is 4.57. The van der Waals surface area contributed by atoms with Gasteiger partial charge >= 0.3 is 7.12 Å². The minimum absolute atomic E-state index is 0.392. The zero-order chi connectivity index (χ0) is 24.2. The maximum Gasteiger partial charge on any atom is 0.494 e. The molecule has 0 amide bonds. The van der Waals surface area contributed by atoms with Gasteiger partial charge in [0.1, 0.15) is 0 Å². The molecule has 0 atom stereocenters. The lowest BCUT2D eigenvalue weighted by Crippen LogP contribution is -2.41. The highest BCUT2D eigenvalue weighted by atomic mass is 16.7. The number of benzene rings is 4. The van der Waals surface area contributed by atoms with Gasteiger partial charge in [0.2, 0.25) is 0 Å². The molecule has 2 heterocycles. The monoisotopic (exact) mass is 458 g/mol. The van der Waals surface area contributed by atoms with Gasteiger partial charge in [-0.25, -0.2) is 9.97 Å². The Morgan fingerprint density at radius 3 is 2.14 bits per heavy atom. The predicted molar refractivity (Wildman–Crippen MR) is 144 cm³/mol. The Morgan fingerprint density at radius 1 is 0.629 bits per heavy atom. The van der Waals surface area contributed by atoms with Gasteiger partial charge in [0.15, 0.2) is 5.82 Å². The second-order valence-electron chi connectivity index (χ2n) is 10.2. The standard InChI is InChI=1S/C30H27BN2O2/c1-29(2)30(3,4)35-31(34-29)24-13-9-12-23(19-24)28-32-26-15-8-7-14-25(26)27(33-28)22-17-16-20-10-5-6-11-21(20)18-22/h5-19H,1-4H3. The highest BCUT2D eigenvalue weighted by Crippen LogP contribution is 2.37. The van der Waals surface area contributed by atoms with Gasteiger partial charge < -0.3 is 9.31 Å². The summed E-state index contributed by atoms with van der Waals surface area (Å²) in [4.78, 5) is 10.0. The molecule has 1 aliphatic heterocycles. The molecule has 4 aromatic carbocycles. The summed E-state index contributed by atoms with van der Waals surface area (Å²) in [5.74, 6) is 0.685. The SMILES string of the molecule is CC1(C)OB(c2cccc(-c3nc(-c4ccc5ccccc5c4)c4ccccc4n3)c2)OC1(C)C. The Morgan fingerprint density at radius 2 is 1.34 bits per heavy atom. The summed E-state index contributed by atoms with van der Waals surface area (Å²) >= 11 is 0. The van der Waals surface area contributed by atoms with Crippen molar-refractivity contribution >= 4 is 34.3 Å². The number of para-hydroxylation sites is 1. The molecule has 1 aromatic heterocycles. The van der Waals surface area contributed by atoms with Crippen molar-refractivity contribution in [1.29, 1.82) is 0 Å². The molecule has 0 bridgehead atoms. The van der Waals surface area contributed by atoms with E-state index in [2.05, 4.69) is 82.3 Å². The second-order valence-corrected chi connectivity index (χ2v) is 10.2. The Labute approximate surface area is 206 Å². The van der Waals surface area contributed by atoms with Gasteiger partial charge in [0.25, 0.3) is 0 Å². The first-order chi connectivity index (χ1) is 16.8. The fourth-order valence-electron chi connectivity index (χ4n) is 4.57. The third-order valence-corrected chi connectivity index (χ3v) is 7.30. The lowest BCUT2D eigenvalue weighted by Gasteiger charge is -2.32. The van der Waals surface area contributed by atoms with Crippen LogP contribution in [-0.2, 0) is 9.31 Å². The van der Waals surface area contributed by atoms with E-state index >= 15 is 0 Å². The molecule has 0 unspecified atom stereocenters. The number of nitrogens with zero attached hydrogens (tertiary/aromatic N) is 2. The summed E-state index contributed by atoms with van der Waals surface area (Å²) in [5.41, 5.74) is 4.03. The zero-order valence-corrected chi connectivity index (χ0v) is 20.4. The largest absolute Gasteiger partial charge is 0.494 e. The van der Waals surface area contributed by atoms with Crippen molar-refractivity contribution in [3.8, 4) is 22.6 Å². The first-order valence-corrected chi connectivity index (χ1v) is 12.0. The molecule has 6 rings (SSSR count). The molecular weight excluding hydrogens is 431 g/mol. The van der Waals surface area contributed by atoms with Gasteiger partial charge in [-0.05, 0) is 56.1 Å². The van der Waals surface area contributed by atoms with E-state index in [1.807, 2.05) is 36.4 Å². The maximum absolute atomic E-state index is 6.28. The Bertz CT molecular complexity index is 1560. The van der Waals surface area contributed by atoms with Crippen molar-refractivity contribution in [2.24, 2.45) is 0 Å². The van der Waals surface area contributed by atoms with E-state index in [1.165, 1.54) is 10.8 Å². The maximum atomic E-state index is 6.28. The summed E-state index contributed by atoms with van der Waals surface area (Å²) < 4.78 is 12.6. The molecule has 35 heavy (non-hydrogen) atoms. The van der Waals surface area contributed by atoms with Crippen LogP contribution in [0.25, 0.3) is 44.3 Å². The van der Waals surface area contributed by atoms with Crippen molar-refractivity contribution in [2.45, 2.75) is 38.9 Å². The smallest absolute Gasteiger partial charge is 0.399 e. The molecule has 5 heteroatoms. The molecule has 5 aromatic rings. The van der Waals surface area contributed by atoms with E-state index in [-0.39, 0.29) is 0 Å². The van der Waals surface area contributed by atoms with Crippen molar-refractivity contribution in [3.63, 3.8) is 0 Å². The molecule has 4 nitrogen and oxygen atoms in total. The first-order valence-electron chi connectivity index (χ1n) is 12.0. The van der Waals surface area contributed by atoms with Gasteiger partial charge in [-0.1, -0.05) is 78.9 Å². The van der Waals surface area contributed by atoms with Gasteiger partial charge in [-0.15, -0.1) is 0 Å². The van der Waals surface area contributed by atoms with E-state index in [0.717, 1.165) is 33.2 Å². The Hall–Kier alpha value is -3.54. The molecule has 0 spiro atoms. The first kappa shape index (κ1) is 22.0. The summed E-state index contributed by atoms with van der Waals surface area (Å²) in [6.45, 7) is 8.27. The Kier molecular flexibility index (Phi) is 5.03. The number of rotatable bonds is 3. The highest BCUT2D eigenvalue weighted by molar-refractivity contribution is 6.62. The Balaban J connectivity index is 1.47. The minimum Gasteiger partial charge on any atom is -0.399 e. The predicted octanol–water partition coefficient (Wildman–Crippen LogP) is 6.42. The van der Waals surface area contributed by atoms with Crippen LogP contribution in [0.15, 0.2) is 91.0 Å². The van der Waals surface area contributed by atoms with Crippen molar-refractivity contribution in [1.82, 2.24) is 9.97 Å². The lowest BCUT2D eigenvalue weighted by molar-refractivity contribution is 0.00578. The van der Waals surface area contributed by atoms with Crippen LogP contribution in [0.5, 0.6) is 0 Å². The highest BCUT2D eigenvalue weighted by Gasteiger charge is 2.51. The molecule has 0 radical (unpaired) electrons. The van der Waals surface area contributed by atoms with Crippen LogP contribution < -0.4 is 5.46 Å². The van der Waals surface area contributed by atoms with Crippen LogP contribution >= 0.6 is 0 Å². The summed E-state index contributed by atoms with van der Waals surface area (Å²) in [6.07, 6.45) is 0. The summed E-state index contributed by atoms with van der Waals surface area (Å²) in [5, 5.41) is 3.44. The number of hydrogen-bond acceptors (Lipinski definition) is 4. The third kappa shape index (κ3) is 3.81. The van der Waals surface area contributed by atoms with Crippen LogP contribution in [0.1, 0.15) is 27.7 Å². The van der Waals surface area contributed by atoms with Gasteiger partial charge in [0, 0.05) is 16.5 Å². The topological polar surface area (TPSA) is 44.2 Å². The second kappa shape index (κ2) is 8.01. The van der Waals surface area contributed by atoms with E-state index in [9.17, 15) is 0 Å². The fraction of sp³-hybridized carbons (Fsp3) is 0.200. The van der Waals surface area contributed by atoms with Crippen LogP contribution in [-0.4, -0.2) is 28.3 Å². The summed E-state index contributed by atoms with van der Waals surface area (Å²) in [6, 6.07) is 31.3. The number of aromatic nitrogens is 2. The molecule has 1 fully saturated rings. The number of fused-ring (bicyclic) bond motifs is 2. The van der Waals surface area contributed by atoms with Crippen molar-refractivity contribution in [3.05, 3.63) is 91.0 Å². The van der Waals surface area contributed by atoms with Crippen molar-refractivity contribution in [2.75, 3.05) is 0 Å². The molecule has 1 aliphatic rings. The summed E-state index contributed by atoms with van der Waals surface area (Å²) in [7, 11) is -0.430. The van der Waals surface area contributed by atoms with E-state index in [1.54, 1.807) is 0 Å². The van der Waals surface area contributed by atoms with Crippen LogP contribution in [0, 0.1) is 0 Å². The molecule has 0 aliphatic carbocycles. The molecule has 172 valence electrons. The van der Waals surface area contributed by atoms with Crippen LogP contribution in [0.3, 0.4) is 0 Å². The normalized spacial score (nSPS) is 16.7. The minimum atomic E-state index is -0.430. The quantitative estimate of drug-likeness (QED) is 0.293. The third-order valence-electron chi connectivity index (χ3n) is 7.30. The van der Waals surface area contributed by atoms with Gasteiger partial charge in [0.05, 0.1) is 22.4 Å². The average Bonchev–Trinajstić information content (AvgIpc) is 3.09.